The van der Waals surface area contributed by atoms with E-state index in [-0.39, 0.29) is 35.8 Å². The van der Waals surface area contributed by atoms with Crippen molar-refractivity contribution >= 4 is 35.6 Å². The third-order valence-corrected chi connectivity index (χ3v) is 7.79. The molecule has 0 atom stereocenters. The van der Waals surface area contributed by atoms with E-state index in [0.717, 1.165) is 16.0 Å². The van der Waals surface area contributed by atoms with Gasteiger partial charge in [0.2, 0.25) is 0 Å². The summed E-state index contributed by atoms with van der Waals surface area (Å²) in [6.07, 6.45) is 0.0232. The van der Waals surface area contributed by atoms with E-state index in [9.17, 15) is 27.6 Å². The van der Waals surface area contributed by atoms with Gasteiger partial charge in [-0.1, -0.05) is 12.1 Å². The highest BCUT2D eigenvalue weighted by Crippen LogP contribution is 2.30. The molecule has 0 radical (unpaired) electrons. The van der Waals surface area contributed by atoms with Crippen molar-refractivity contribution in [2.24, 2.45) is 0 Å². The Bertz CT molecular complexity index is 1640. The van der Waals surface area contributed by atoms with Gasteiger partial charge >= 0.3 is 12.1 Å². The number of amides is 2. The number of carbonyl (C=O) groups excluding carboxylic acids is 3. The number of rotatable bonds is 6. The molecule has 11 nitrogen and oxygen atoms in total. The Morgan fingerprint density at radius 3 is 2.42 bits per heavy atom. The lowest BCUT2D eigenvalue weighted by atomic mass is 10.0. The lowest BCUT2D eigenvalue weighted by molar-refractivity contribution is -0.199. The molecule has 2 saturated heterocycles. The molecule has 2 aromatic heterocycles. The van der Waals surface area contributed by atoms with Crippen LogP contribution in [0.15, 0.2) is 42.6 Å². The number of nitrogens with one attached hydrogen (secondary N) is 1. The Balaban J connectivity index is 1.32. The number of nitrogens with zero attached hydrogens (tertiary/aromatic N) is 4. The summed E-state index contributed by atoms with van der Waals surface area (Å²) in [6.45, 7) is 4.64. The molecule has 0 bridgehead atoms. The molecule has 0 aliphatic carbocycles. The van der Waals surface area contributed by atoms with Crippen LogP contribution in [0.1, 0.15) is 37.7 Å². The molecule has 1 aromatic carbocycles. The second-order valence-corrected chi connectivity index (χ2v) is 10.6. The van der Waals surface area contributed by atoms with Gasteiger partial charge in [-0.15, -0.1) is 0 Å². The number of hydrogen-bond acceptors (Lipinski definition) is 8. The maximum absolute atomic E-state index is 13.2. The molecule has 0 spiro atoms. The zero-order valence-corrected chi connectivity index (χ0v) is 24.1. The molecular weight excluding hydrogens is 595 g/mol. The number of anilines is 1. The van der Waals surface area contributed by atoms with Crippen LogP contribution in [0.4, 0.5) is 18.9 Å². The number of hydrogen-bond donors (Lipinski definition) is 1. The fourth-order valence-corrected chi connectivity index (χ4v) is 5.51. The minimum Gasteiger partial charge on any atom is -0.378 e. The van der Waals surface area contributed by atoms with E-state index in [0.29, 0.717) is 69.4 Å². The summed E-state index contributed by atoms with van der Waals surface area (Å²) in [5, 5.41) is 2.65. The lowest BCUT2D eigenvalue weighted by Gasteiger charge is -2.31. The van der Waals surface area contributed by atoms with Crippen molar-refractivity contribution in [3.05, 3.63) is 70.7 Å². The van der Waals surface area contributed by atoms with Gasteiger partial charge in [-0.3, -0.25) is 14.6 Å². The summed E-state index contributed by atoms with van der Waals surface area (Å²) in [7, 11) is 0. The molecule has 3 aromatic rings. The van der Waals surface area contributed by atoms with Crippen LogP contribution in [0, 0.1) is 0 Å². The number of halogens is 3. The van der Waals surface area contributed by atoms with E-state index >= 15 is 0 Å². The van der Waals surface area contributed by atoms with Crippen LogP contribution < -0.4 is 15.1 Å². The fourth-order valence-electron chi connectivity index (χ4n) is 5.51. The third kappa shape index (κ3) is 6.56. The fraction of sp³-hybridized carbons (Fsp3) is 0.355. The quantitative estimate of drug-likeness (QED) is 0.445. The number of morpholine rings is 2. The molecule has 6 rings (SSSR count). The minimum atomic E-state index is -5.22. The first-order valence-corrected chi connectivity index (χ1v) is 14.5. The van der Waals surface area contributed by atoms with Gasteiger partial charge < -0.3 is 29.4 Å². The zero-order valence-electron chi connectivity index (χ0n) is 24.1. The molecule has 0 saturated carbocycles. The van der Waals surface area contributed by atoms with E-state index in [1.165, 1.54) is 12.3 Å². The normalized spacial score (nSPS) is 17.3. The summed E-state index contributed by atoms with van der Waals surface area (Å²) >= 11 is 0. The number of fused-ring (bicyclic) bond motifs is 1. The van der Waals surface area contributed by atoms with Crippen LogP contribution >= 0.6 is 0 Å². The van der Waals surface area contributed by atoms with E-state index in [1.54, 1.807) is 29.2 Å². The van der Waals surface area contributed by atoms with Crippen molar-refractivity contribution in [2.45, 2.75) is 12.6 Å². The van der Waals surface area contributed by atoms with Gasteiger partial charge in [0.15, 0.2) is 0 Å². The van der Waals surface area contributed by atoms with Gasteiger partial charge in [0.05, 0.1) is 49.1 Å². The number of benzene rings is 1. The van der Waals surface area contributed by atoms with Crippen molar-refractivity contribution in [3.63, 3.8) is 0 Å². The summed E-state index contributed by atoms with van der Waals surface area (Å²) in [5.74, 6) is -2.93. The van der Waals surface area contributed by atoms with Gasteiger partial charge in [-0.2, -0.15) is 17.9 Å². The first-order chi connectivity index (χ1) is 21.7. The van der Waals surface area contributed by atoms with E-state index in [2.05, 4.69) is 15.2 Å². The summed E-state index contributed by atoms with van der Waals surface area (Å²) < 4.78 is 51.0. The van der Waals surface area contributed by atoms with Gasteiger partial charge in [-0.05, 0) is 42.0 Å². The maximum atomic E-state index is 13.2. The summed E-state index contributed by atoms with van der Waals surface area (Å²) in [6, 6.07) is 10.1. The Hall–Kier alpha value is -4.69. The minimum absolute atomic E-state index is 0.0664. The Morgan fingerprint density at radius 1 is 0.956 bits per heavy atom. The maximum Gasteiger partial charge on any atom is 0.493 e. The summed E-state index contributed by atoms with van der Waals surface area (Å²) in [5.41, 5.74) is 3.51. The van der Waals surface area contributed by atoms with Crippen LogP contribution in [0.25, 0.3) is 23.4 Å². The number of pyridine rings is 1. The largest absolute Gasteiger partial charge is 0.493 e. The molecule has 3 aliphatic heterocycles. The SMILES string of the molecule is O=C1NCCc2c1cc(-c1ccnc(/C=C/c3ccc(C(=O)N4CCOCC4)cc3N3CCOCC3)c1)n2OC(=O)C(F)(F)F. The van der Waals surface area contributed by atoms with Crippen molar-refractivity contribution in [1.29, 1.82) is 0 Å². The monoisotopic (exact) mass is 625 g/mol. The third-order valence-electron chi connectivity index (χ3n) is 7.79. The first kappa shape index (κ1) is 30.3. The standard InChI is InChI=1S/C31H30F3N5O6/c32-31(33,34)30(42)45-39-25-6-8-36-28(40)24(25)19-27(39)21-5-7-35-23(17-21)4-3-20-1-2-22(29(41)38-11-15-44-16-12-38)18-26(20)37-9-13-43-14-10-37/h1-5,7,17-19H,6,8-16H2,(H,36,40)/b4-3+. The van der Waals surface area contributed by atoms with E-state index in [1.807, 2.05) is 18.2 Å². The topological polar surface area (TPSA) is 115 Å². The second kappa shape index (κ2) is 12.7. The molecule has 2 amide bonds. The Morgan fingerprint density at radius 2 is 1.69 bits per heavy atom. The van der Waals surface area contributed by atoms with Gasteiger partial charge in [-0.25, -0.2) is 4.79 Å². The molecule has 0 unspecified atom stereocenters. The molecule has 3 aliphatic rings. The van der Waals surface area contributed by atoms with Crippen LogP contribution in [-0.4, -0.2) is 97.7 Å². The lowest BCUT2D eigenvalue weighted by Crippen LogP contribution is -2.41. The molecule has 14 heteroatoms. The second-order valence-electron chi connectivity index (χ2n) is 10.6. The average molecular weight is 626 g/mol. The average Bonchev–Trinajstić information content (AvgIpc) is 3.43. The number of aromatic nitrogens is 2. The highest BCUT2D eigenvalue weighted by molar-refractivity contribution is 5.98. The molecule has 45 heavy (non-hydrogen) atoms. The number of carbonyl (C=O) groups is 3. The number of alkyl halides is 3. The predicted octanol–water partition coefficient (Wildman–Crippen LogP) is 2.83. The molecule has 1 N–H and O–H groups in total. The molecule has 2 fully saturated rings. The summed E-state index contributed by atoms with van der Waals surface area (Å²) in [4.78, 5) is 50.5. The van der Waals surface area contributed by atoms with Crippen LogP contribution in [0.5, 0.6) is 0 Å². The van der Waals surface area contributed by atoms with Crippen molar-refractivity contribution in [1.82, 2.24) is 19.9 Å². The molecule has 236 valence electrons. The molecular formula is C31H30F3N5O6. The highest BCUT2D eigenvalue weighted by atomic mass is 19.4. The smallest absolute Gasteiger partial charge is 0.378 e. The van der Waals surface area contributed by atoms with Crippen molar-refractivity contribution in [3.8, 4) is 11.3 Å². The Labute approximate surface area is 256 Å². The van der Waals surface area contributed by atoms with Gasteiger partial charge in [0, 0.05) is 62.2 Å². The zero-order chi connectivity index (χ0) is 31.6. The highest BCUT2D eigenvalue weighted by Gasteiger charge is 2.43. The predicted molar refractivity (Wildman–Crippen MR) is 156 cm³/mol. The molecule has 5 heterocycles. The van der Waals surface area contributed by atoms with Gasteiger partial charge in [0.1, 0.15) is 0 Å². The van der Waals surface area contributed by atoms with E-state index in [4.69, 9.17) is 14.3 Å². The van der Waals surface area contributed by atoms with Crippen LogP contribution in [0.3, 0.4) is 0 Å². The van der Waals surface area contributed by atoms with Crippen molar-refractivity contribution < 1.29 is 41.9 Å². The first-order valence-electron chi connectivity index (χ1n) is 14.5. The Kier molecular flexibility index (Phi) is 8.59. The number of ether oxygens (including phenoxy) is 2. The van der Waals surface area contributed by atoms with E-state index < -0.39 is 18.1 Å². The van der Waals surface area contributed by atoms with Crippen LogP contribution in [0.2, 0.25) is 0 Å². The van der Waals surface area contributed by atoms with Crippen LogP contribution in [-0.2, 0) is 20.7 Å². The van der Waals surface area contributed by atoms with Gasteiger partial charge in [0.25, 0.3) is 11.8 Å². The van der Waals surface area contributed by atoms with Crippen molar-refractivity contribution in [2.75, 3.05) is 64.1 Å².